The van der Waals surface area contributed by atoms with Gasteiger partial charge >= 0.3 is 0 Å². The topological polar surface area (TPSA) is 39.2 Å². The van der Waals surface area contributed by atoms with Crippen molar-refractivity contribution in [2.24, 2.45) is 11.7 Å². The maximum atomic E-state index is 5.94. The van der Waals surface area contributed by atoms with Crippen molar-refractivity contribution in [2.75, 3.05) is 0 Å². The molecule has 0 saturated carbocycles. The van der Waals surface area contributed by atoms with Gasteiger partial charge in [0.25, 0.3) is 0 Å². The number of rotatable bonds is 4. The number of furan rings is 1. The zero-order valence-corrected chi connectivity index (χ0v) is 8.84. The van der Waals surface area contributed by atoms with Gasteiger partial charge in [-0.2, -0.15) is 0 Å². The highest BCUT2D eigenvalue weighted by Crippen LogP contribution is 2.26. The van der Waals surface area contributed by atoms with E-state index in [0.29, 0.717) is 11.1 Å². The molecule has 74 valence electrons. The van der Waals surface area contributed by atoms with Gasteiger partial charge in [-0.15, -0.1) is 0 Å². The Labute approximate surface area is 84.1 Å². The number of hydrogen-bond donors (Lipinski definition) is 1. The molecule has 0 aliphatic heterocycles. The summed E-state index contributed by atoms with van der Waals surface area (Å²) in [4.78, 5) is 0. The van der Waals surface area contributed by atoms with Crippen LogP contribution in [0.25, 0.3) is 0 Å². The van der Waals surface area contributed by atoms with E-state index < -0.39 is 0 Å². The summed E-state index contributed by atoms with van der Waals surface area (Å²) in [5.74, 6) is 0.678. The van der Waals surface area contributed by atoms with Crippen LogP contribution < -0.4 is 5.73 Å². The Morgan fingerprint density at radius 3 is 2.62 bits per heavy atom. The molecule has 13 heavy (non-hydrogen) atoms. The lowest BCUT2D eigenvalue weighted by atomic mass is 10.0. The van der Waals surface area contributed by atoms with Crippen molar-refractivity contribution in [1.29, 1.82) is 0 Å². The second kappa shape index (κ2) is 4.68. The quantitative estimate of drug-likeness (QED) is 0.812. The van der Waals surface area contributed by atoms with Crippen LogP contribution in [0.2, 0.25) is 5.22 Å². The summed E-state index contributed by atoms with van der Waals surface area (Å²) in [5, 5.41) is 0.427. The van der Waals surface area contributed by atoms with Gasteiger partial charge in [-0.05, 0) is 36.4 Å². The van der Waals surface area contributed by atoms with Crippen LogP contribution in [0.3, 0.4) is 0 Å². The van der Waals surface area contributed by atoms with Crippen molar-refractivity contribution in [3.63, 3.8) is 0 Å². The van der Waals surface area contributed by atoms with E-state index in [1.165, 1.54) is 0 Å². The molecule has 2 N–H and O–H groups in total. The Morgan fingerprint density at radius 2 is 2.15 bits per heavy atom. The molecule has 0 fully saturated rings. The van der Waals surface area contributed by atoms with Crippen LogP contribution in [0.5, 0.6) is 0 Å². The van der Waals surface area contributed by atoms with Crippen molar-refractivity contribution in [3.05, 3.63) is 23.1 Å². The largest absolute Gasteiger partial charge is 0.453 e. The minimum Gasteiger partial charge on any atom is -0.453 e. The Balaban J connectivity index is 2.49. The first-order valence-corrected chi connectivity index (χ1v) is 4.97. The highest BCUT2D eigenvalue weighted by Gasteiger charge is 2.12. The molecule has 1 rings (SSSR count). The lowest BCUT2D eigenvalue weighted by Gasteiger charge is -2.11. The van der Waals surface area contributed by atoms with Gasteiger partial charge in [-0.25, -0.2) is 0 Å². The maximum Gasteiger partial charge on any atom is 0.197 e. The molecule has 0 aliphatic carbocycles. The molecule has 1 atom stereocenters. The molecule has 1 heterocycles. The third-order valence-corrected chi connectivity index (χ3v) is 2.41. The number of hydrogen-bond acceptors (Lipinski definition) is 2. The fourth-order valence-corrected chi connectivity index (χ4v) is 1.49. The minimum atomic E-state index is 0.00801. The molecule has 0 amide bonds. The van der Waals surface area contributed by atoms with Crippen LogP contribution in [0.1, 0.15) is 38.3 Å². The van der Waals surface area contributed by atoms with Crippen molar-refractivity contribution >= 4 is 11.6 Å². The van der Waals surface area contributed by atoms with Crippen molar-refractivity contribution in [1.82, 2.24) is 0 Å². The van der Waals surface area contributed by atoms with Gasteiger partial charge < -0.3 is 10.2 Å². The fraction of sp³-hybridized carbons (Fsp3) is 0.600. The third kappa shape index (κ3) is 3.05. The Kier molecular flexibility index (Phi) is 3.82. The second-order valence-electron chi connectivity index (χ2n) is 3.73. The molecule has 2 nitrogen and oxygen atoms in total. The molecule has 0 aromatic carbocycles. The SMILES string of the molecule is CC(C)CCC(N)c1ccoc1Cl. The average molecular weight is 202 g/mol. The lowest BCUT2D eigenvalue weighted by Crippen LogP contribution is -2.10. The monoisotopic (exact) mass is 201 g/mol. The molecule has 0 bridgehead atoms. The average Bonchev–Trinajstić information content (AvgIpc) is 2.47. The van der Waals surface area contributed by atoms with Crippen LogP contribution in [0, 0.1) is 5.92 Å². The van der Waals surface area contributed by atoms with Crippen LogP contribution >= 0.6 is 11.6 Å². The first-order valence-electron chi connectivity index (χ1n) is 4.59. The van der Waals surface area contributed by atoms with Crippen LogP contribution in [-0.4, -0.2) is 0 Å². The molecular weight excluding hydrogens is 186 g/mol. The van der Waals surface area contributed by atoms with E-state index in [0.717, 1.165) is 18.4 Å². The van der Waals surface area contributed by atoms with E-state index in [1.807, 2.05) is 6.07 Å². The van der Waals surface area contributed by atoms with E-state index in [2.05, 4.69) is 13.8 Å². The molecule has 0 aliphatic rings. The highest BCUT2D eigenvalue weighted by atomic mass is 35.5. The van der Waals surface area contributed by atoms with Crippen LogP contribution in [0.4, 0.5) is 0 Å². The predicted molar refractivity (Wildman–Crippen MR) is 54.7 cm³/mol. The summed E-state index contributed by atoms with van der Waals surface area (Å²) < 4.78 is 4.98. The highest BCUT2D eigenvalue weighted by molar-refractivity contribution is 6.29. The summed E-state index contributed by atoms with van der Waals surface area (Å²) >= 11 is 5.80. The Hall–Kier alpha value is -0.470. The molecule has 1 unspecified atom stereocenters. The lowest BCUT2D eigenvalue weighted by molar-refractivity contribution is 0.500. The molecule has 1 aromatic rings. The number of halogens is 1. The molecule has 1 aromatic heterocycles. The van der Waals surface area contributed by atoms with Crippen LogP contribution in [0.15, 0.2) is 16.7 Å². The van der Waals surface area contributed by atoms with E-state index in [-0.39, 0.29) is 6.04 Å². The molecular formula is C10H16ClNO. The fourth-order valence-electron chi connectivity index (χ4n) is 1.24. The van der Waals surface area contributed by atoms with Crippen molar-refractivity contribution in [2.45, 2.75) is 32.7 Å². The summed E-state index contributed by atoms with van der Waals surface area (Å²) in [7, 11) is 0. The van der Waals surface area contributed by atoms with E-state index >= 15 is 0 Å². The first-order chi connectivity index (χ1) is 6.11. The van der Waals surface area contributed by atoms with E-state index in [4.69, 9.17) is 21.8 Å². The zero-order valence-electron chi connectivity index (χ0n) is 8.09. The third-order valence-electron chi connectivity index (χ3n) is 2.10. The minimum absolute atomic E-state index is 0.00801. The number of nitrogens with two attached hydrogens (primary N) is 1. The smallest absolute Gasteiger partial charge is 0.197 e. The normalized spacial score (nSPS) is 13.6. The summed E-state index contributed by atoms with van der Waals surface area (Å²) in [6.45, 7) is 4.37. The van der Waals surface area contributed by atoms with Gasteiger partial charge in [-0.1, -0.05) is 13.8 Å². The molecule has 0 radical (unpaired) electrons. The summed E-state index contributed by atoms with van der Waals surface area (Å²) in [6, 6.07) is 1.85. The standard InChI is InChI=1S/C10H16ClNO/c1-7(2)3-4-9(12)8-5-6-13-10(8)11/h5-7,9H,3-4,12H2,1-2H3. The van der Waals surface area contributed by atoms with E-state index in [9.17, 15) is 0 Å². The summed E-state index contributed by atoms with van der Waals surface area (Å²) in [5.41, 5.74) is 6.86. The molecule has 0 spiro atoms. The van der Waals surface area contributed by atoms with Crippen molar-refractivity contribution in [3.8, 4) is 0 Å². The van der Waals surface area contributed by atoms with Crippen molar-refractivity contribution < 1.29 is 4.42 Å². The van der Waals surface area contributed by atoms with Gasteiger partial charge in [0.2, 0.25) is 0 Å². The van der Waals surface area contributed by atoms with Gasteiger partial charge in [0.1, 0.15) is 0 Å². The van der Waals surface area contributed by atoms with Gasteiger partial charge in [0.05, 0.1) is 6.26 Å². The predicted octanol–water partition coefficient (Wildman–Crippen LogP) is 3.37. The molecule has 3 heteroatoms. The maximum absolute atomic E-state index is 5.94. The zero-order chi connectivity index (χ0) is 9.84. The van der Waals surface area contributed by atoms with Crippen LogP contribution in [-0.2, 0) is 0 Å². The van der Waals surface area contributed by atoms with Gasteiger partial charge in [0.15, 0.2) is 5.22 Å². The van der Waals surface area contributed by atoms with E-state index in [1.54, 1.807) is 6.26 Å². The Bertz CT molecular complexity index is 257. The summed E-state index contributed by atoms with van der Waals surface area (Å²) in [6.07, 6.45) is 3.65. The Morgan fingerprint density at radius 1 is 1.46 bits per heavy atom. The second-order valence-corrected chi connectivity index (χ2v) is 4.07. The molecule has 0 saturated heterocycles. The van der Waals surface area contributed by atoms with Gasteiger partial charge in [0, 0.05) is 11.6 Å². The first kappa shape index (κ1) is 10.6. The van der Waals surface area contributed by atoms with Gasteiger partial charge in [-0.3, -0.25) is 0 Å².